The van der Waals surface area contributed by atoms with Gasteiger partial charge < -0.3 is 0 Å². The molecule has 11 heavy (non-hydrogen) atoms. The molecule has 0 fully saturated rings. The molecule has 1 aromatic carbocycles. The van der Waals surface area contributed by atoms with E-state index >= 15 is 0 Å². The Morgan fingerprint density at radius 1 is 1.18 bits per heavy atom. The second-order valence-corrected chi connectivity index (χ2v) is 2.00. The molecular weight excluding hydrogens is 157 g/mol. The molecule has 0 atom stereocenters. The first kappa shape index (κ1) is 8.07. The summed E-state index contributed by atoms with van der Waals surface area (Å²) in [5.41, 5.74) is -1.11. The molecule has 1 rings (SSSR count). The summed E-state index contributed by atoms with van der Waals surface area (Å²) < 4.78 is 36.2. The summed E-state index contributed by atoms with van der Waals surface area (Å²) in [5, 5.41) is 9.95. The first-order chi connectivity index (χ1) is 5.02. The highest BCUT2D eigenvalue weighted by molar-refractivity contribution is 5.19. The zero-order valence-electron chi connectivity index (χ0n) is 5.35. The van der Waals surface area contributed by atoms with E-state index in [2.05, 4.69) is 0 Å². The predicted octanol–water partition coefficient (Wildman–Crippen LogP) is 2.31. The number of alkyl halides is 2. The largest absolute Gasteiger partial charge is 0.411 e. The Balaban J connectivity index is 3.14. The van der Waals surface area contributed by atoms with Crippen LogP contribution in [0.2, 0.25) is 0 Å². The number of halogens is 3. The third-order valence-corrected chi connectivity index (χ3v) is 1.19. The van der Waals surface area contributed by atoms with Crippen molar-refractivity contribution in [2.45, 2.75) is 6.11 Å². The van der Waals surface area contributed by atoms with Crippen LogP contribution in [0.3, 0.4) is 0 Å². The Bertz CT molecular complexity index is 254. The van der Waals surface area contributed by atoms with Crippen molar-refractivity contribution in [1.82, 2.24) is 0 Å². The van der Waals surface area contributed by atoms with E-state index in [9.17, 15) is 18.3 Å². The highest BCUT2D eigenvalue weighted by Crippen LogP contribution is 2.26. The van der Waals surface area contributed by atoms with E-state index in [0.29, 0.717) is 0 Å². The second kappa shape index (κ2) is 2.54. The molecule has 0 saturated heterocycles. The van der Waals surface area contributed by atoms with Crippen LogP contribution in [0.1, 0.15) is 5.56 Å². The SMILES string of the molecule is [O]C(F)(F)c1ccccc1F. The number of rotatable bonds is 1. The fourth-order valence-electron chi connectivity index (χ4n) is 0.697. The summed E-state index contributed by atoms with van der Waals surface area (Å²) in [6.07, 6.45) is -4.34. The van der Waals surface area contributed by atoms with Gasteiger partial charge in [-0.1, -0.05) is 12.1 Å². The van der Waals surface area contributed by atoms with Crippen molar-refractivity contribution < 1.29 is 18.3 Å². The number of benzene rings is 1. The Morgan fingerprint density at radius 2 is 1.73 bits per heavy atom. The van der Waals surface area contributed by atoms with Crippen LogP contribution in [0.4, 0.5) is 13.2 Å². The lowest BCUT2D eigenvalue weighted by atomic mass is 10.2. The van der Waals surface area contributed by atoms with E-state index in [1.54, 1.807) is 0 Å². The van der Waals surface area contributed by atoms with E-state index < -0.39 is 17.5 Å². The normalized spacial score (nSPS) is 11.6. The topological polar surface area (TPSA) is 19.9 Å². The molecule has 0 bridgehead atoms. The summed E-state index contributed by atoms with van der Waals surface area (Å²) in [5.74, 6) is -1.17. The van der Waals surface area contributed by atoms with Crippen molar-refractivity contribution in [1.29, 1.82) is 0 Å². The zero-order valence-corrected chi connectivity index (χ0v) is 5.35. The van der Waals surface area contributed by atoms with E-state index in [1.165, 1.54) is 12.1 Å². The predicted molar refractivity (Wildman–Crippen MR) is 31.0 cm³/mol. The summed E-state index contributed by atoms with van der Waals surface area (Å²) in [6, 6.07) is 4.01. The van der Waals surface area contributed by atoms with Crippen molar-refractivity contribution in [2.75, 3.05) is 0 Å². The van der Waals surface area contributed by atoms with Crippen LogP contribution in [0.15, 0.2) is 24.3 Å². The maximum Gasteiger partial charge on any atom is 0.411 e. The van der Waals surface area contributed by atoms with Crippen LogP contribution < -0.4 is 0 Å². The van der Waals surface area contributed by atoms with Gasteiger partial charge in [0, 0.05) is 0 Å². The smallest absolute Gasteiger partial charge is 0.206 e. The van der Waals surface area contributed by atoms with E-state index in [0.717, 1.165) is 12.1 Å². The Hall–Kier alpha value is -1.03. The van der Waals surface area contributed by atoms with E-state index in [1.807, 2.05) is 0 Å². The maximum absolute atomic E-state index is 12.4. The Labute approximate surface area is 61.1 Å². The number of hydrogen-bond acceptors (Lipinski definition) is 0. The summed E-state index contributed by atoms with van der Waals surface area (Å²) in [7, 11) is 0. The van der Waals surface area contributed by atoms with Crippen molar-refractivity contribution in [3.8, 4) is 0 Å². The van der Waals surface area contributed by atoms with Gasteiger partial charge in [-0.05, 0) is 12.1 Å². The van der Waals surface area contributed by atoms with Gasteiger partial charge in [0.05, 0.1) is 5.56 Å². The molecule has 0 aliphatic heterocycles. The lowest BCUT2D eigenvalue weighted by Gasteiger charge is -2.06. The highest BCUT2D eigenvalue weighted by atomic mass is 19.3. The zero-order chi connectivity index (χ0) is 8.48. The first-order valence-corrected chi connectivity index (χ1v) is 2.85. The Kier molecular flexibility index (Phi) is 1.87. The quantitative estimate of drug-likeness (QED) is 0.602. The molecule has 0 saturated carbocycles. The van der Waals surface area contributed by atoms with Crippen LogP contribution in [-0.2, 0) is 11.2 Å². The molecule has 59 valence electrons. The van der Waals surface area contributed by atoms with Gasteiger partial charge in [0.15, 0.2) is 0 Å². The molecule has 0 unspecified atom stereocenters. The number of hydrogen-bond donors (Lipinski definition) is 0. The fourth-order valence-corrected chi connectivity index (χ4v) is 0.697. The molecule has 0 N–H and O–H groups in total. The summed E-state index contributed by atoms with van der Waals surface area (Å²) in [4.78, 5) is 0. The van der Waals surface area contributed by atoms with E-state index in [-0.39, 0.29) is 0 Å². The summed E-state index contributed by atoms with van der Waals surface area (Å²) in [6.45, 7) is 0. The van der Waals surface area contributed by atoms with Crippen molar-refractivity contribution >= 4 is 0 Å². The molecule has 0 aliphatic carbocycles. The molecule has 0 heterocycles. The molecule has 0 aliphatic rings. The average Bonchev–Trinajstić information content (AvgIpc) is 1.86. The van der Waals surface area contributed by atoms with Crippen LogP contribution >= 0.6 is 0 Å². The van der Waals surface area contributed by atoms with Crippen LogP contribution in [0, 0.1) is 5.82 Å². The molecule has 1 radical (unpaired) electrons. The summed E-state index contributed by atoms with van der Waals surface area (Å²) >= 11 is 0. The van der Waals surface area contributed by atoms with Gasteiger partial charge in [-0.15, -0.1) is 0 Å². The van der Waals surface area contributed by atoms with Crippen LogP contribution in [-0.4, -0.2) is 0 Å². The van der Waals surface area contributed by atoms with Crippen molar-refractivity contribution in [2.24, 2.45) is 0 Å². The average molecular weight is 161 g/mol. The second-order valence-electron chi connectivity index (χ2n) is 2.00. The van der Waals surface area contributed by atoms with E-state index in [4.69, 9.17) is 0 Å². The molecule has 0 aromatic heterocycles. The van der Waals surface area contributed by atoms with Crippen LogP contribution in [0.25, 0.3) is 0 Å². The molecule has 1 nitrogen and oxygen atoms in total. The maximum atomic E-state index is 12.4. The fraction of sp³-hybridized carbons (Fsp3) is 0.143. The molecule has 4 heteroatoms. The molecule has 1 aromatic rings. The van der Waals surface area contributed by atoms with Gasteiger partial charge in [-0.2, -0.15) is 13.9 Å². The first-order valence-electron chi connectivity index (χ1n) is 2.85. The molecule has 0 amide bonds. The van der Waals surface area contributed by atoms with Gasteiger partial charge in [-0.3, -0.25) is 0 Å². The lowest BCUT2D eigenvalue weighted by Crippen LogP contribution is -2.11. The highest BCUT2D eigenvalue weighted by Gasteiger charge is 2.32. The third kappa shape index (κ3) is 1.71. The van der Waals surface area contributed by atoms with Gasteiger partial charge in [0.25, 0.3) is 0 Å². The van der Waals surface area contributed by atoms with Gasteiger partial charge >= 0.3 is 6.11 Å². The Morgan fingerprint density at radius 3 is 2.09 bits per heavy atom. The minimum Gasteiger partial charge on any atom is -0.206 e. The molecule has 0 spiro atoms. The monoisotopic (exact) mass is 161 g/mol. The minimum atomic E-state index is -4.34. The van der Waals surface area contributed by atoms with Gasteiger partial charge in [-0.25, -0.2) is 4.39 Å². The standard InChI is InChI=1S/C7H4F3O/c8-6-4-2-1-3-5(6)7(9,10)11/h1-4H. The minimum absolute atomic E-state index is 0.766. The van der Waals surface area contributed by atoms with Crippen molar-refractivity contribution in [3.63, 3.8) is 0 Å². The molecular formula is C7H4F3O. The van der Waals surface area contributed by atoms with Crippen LogP contribution in [0.5, 0.6) is 0 Å². The lowest BCUT2D eigenvalue weighted by molar-refractivity contribution is -0.254. The third-order valence-electron chi connectivity index (χ3n) is 1.19. The van der Waals surface area contributed by atoms with Gasteiger partial charge in [0.2, 0.25) is 0 Å². The van der Waals surface area contributed by atoms with Gasteiger partial charge in [0.1, 0.15) is 5.82 Å². The van der Waals surface area contributed by atoms with Crippen molar-refractivity contribution in [3.05, 3.63) is 35.6 Å².